The molecule has 2 aromatic heterocycles. The maximum absolute atomic E-state index is 5.20. The van der Waals surface area contributed by atoms with Crippen molar-refractivity contribution in [3.63, 3.8) is 0 Å². The van der Waals surface area contributed by atoms with Crippen LogP contribution in [-0.2, 0) is 0 Å². The van der Waals surface area contributed by atoms with E-state index in [1.807, 2.05) is 23.5 Å². The highest BCUT2D eigenvalue weighted by Crippen LogP contribution is 2.43. The van der Waals surface area contributed by atoms with Crippen LogP contribution in [-0.4, -0.2) is 9.97 Å². The molecule has 0 aliphatic rings. The molecule has 10 aromatic rings. The normalized spacial score (nSPS) is 11.7. The summed E-state index contributed by atoms with van der Waals surface area (Å²) < 4.78 is 2.49. The Morgan fingerprint density at radius 2 is 0.837 bits per heavy atom. The lowest BCUT2D eigenvalue weighted by Crippen LogP contribution is -1.96. The Labute approximate surface area is 287 Å². The van der Waals surface area contributed by atoms with Crippen molar-refractivity contribution >= 4 is 63.8 Å². The summed E-state index contributed by atoms with van der Waals surface area (Å²) in [6.07, 6.45) is 0. The van der Waals surface area contributed by atoms with E-state index in [-0.39, 0.29) is 0 Å². The Bertz CT molecular complexity index is 2780. The van der Waals surface area contributed by atoms with Crippen molar-refractivity contribution in [3.05, 3.63) is 170 Å². The maximum atomic E-state index is 5.20. The summed E-state index contributed by atoms with van der Waals surface area (Å²) in [5, 5.41) is 10.2. The Morgan fingerprint density at radius 3 is 1.45 bits per heavy atom. The number of rotatable bonds is 4. The van der Waals surface area contributed by atoms with Crippen LogP contribution >= 0.6 is 11.3 Å². The number of aromatic nitrogens is 2. The first kappa shape index (κ1) is 27.9. The zero-order chi connectivity index (χ0) is 32.3. The predicted molar refractivity (Wildman–Crippen MR) is 209 cm³/mol. The second-order valence-corrected chi connectivity index (χ2v) is 13.6. The molecule has 0 aliphatic heterocycles. The van der Waals surface area contributed by atoms with Crippen LogP contribution in [0.25, 0.3) is 97.5 Å². The second-order valence-electron chi connectivity index (χ2n) is 12.5. The van der Waals surface area contributed by atoms with Gasteiger partial charge in [-0.05, 0) is 73.8 Å². The van der Waals surface area contributed by atoms with Gasteiger partial charge in [-0.3, -0.25) is 0 Å². The number of hydrogen-bond acceptors (Lipinski definition) is 3. The molecule has 10 rings (SSSR count). The van der Waals surface area contributed by atoms with Crippen LogP contribution in [0.5, 0.6) is 0 Å². The molecular weight excluding hydrogens is 613 g/mol. The van der Waals surface area contributed by atoms with E-state index in [0.717, 1.165) is 33.9 Å². The highest BCUT2D eigenvalue weighted by molar-refractivity contribution is 7.26. The van der Waals surface area contributed by atoms with E-state index in [9.17, 15) is 0 Å². The van der Waals surface area contributed by atoms with Crippen molar-refractivity contribution in [1.29, 1.82) is 0 Å². The molecule has 0 amide bonds. The molecular formula is C46H28N2S. The third kappa shape index (κ3) is 4.62. The Balaban J connectivity index is 1.19. The first-order valence-electron chi connectivity index (χ1n) is 16.6. The largest absolute Gasteiger partial charge is 0.228 e. The van der Waals surface area contributed by atoms with Gasteiger partial charge in [-0.2, -0.15) is 0 Å². The molecule has 2 heterocycles. The zero-order valence-electron chi connectivity index (χ0n) is 26.5. The van der Waals surface area contributed by atoms with E-state index in [1.54, 1.807) is 0 Å². The molecule has 2 nitrogen and oxygen atoms in total. The van der Waals surface area contributed by atoms with Crippen molar-refractivity contribution < 1.29 is 0 Å². The smallest absolute Gasteiger partial charge is 0.161 e. The molecule has 0 unspecified atom stereocenters. The van der Waals surface area contributed by atoms with Crippen molar-refractivity contribution in [2.24, 2.45) is 0 Å². The molecule has 3 heteroatoms. The molecule has 0 radical (unpaired) electrons. The summed E-state index contributed by atoms with van der Waals surface area (Å²) in [5.41, 5.74) is 7.43. The SMILES string of the molecule is c1ccc(-c2cc(-c3ccccc3)nc(-c3cccc4sc5ccc(-c6ccc7c8ccccc8c8ccccc8c7c6)cc5c34)n2)cc1. The second kappa shape index (κ2) is 11.2. The lowest BCUT2D eigenvalue weighted by molar-refractivity contribution is 1.19. The maximum Gasteiger partial charge on any atom is 0.161 e. The summed E-state index contributed by atoms with van der Waals surface area (Å²) in [6.45, 7) is 0. The summed E-state index contributed by atoms with van der Waals surface area (Å²) in [4.78, 5) is 10.4. The van der Waals surface area contributed by atoms with Gasteiger partial charge in [-0.15, -0.1) is 11.3 Å². The first-order valence-corrected chi connectivity index (χ1v) is 17.4. The number of thiophene rings is 1. The molecule has 8 aromatic carbocycles. The Hall–Kier alpha value is -6.16. The summed E-state index contributed by atoms with van der Waals surface area (Å²) in [5.74, 6) is 0.736. The van der Waals surface area contributed by atoms with Crippen molar-refractivity contribution in [2.75, 3.05) is 0 Å². The van der Waals surface area contributed by atoms with E-state index in [2.05, 4.69) is 158 Å². The van der Waals surface area contributed by atoms with Gasteiger partial charge >= 0.3 is 0 Å². The van der Waals surface area contributed by atoms with Gasteiger partial charge in [-0.25, -0.2) is 9.97 Å². The van der Waals surface area contributed by atoms with E-state index in [0.29, 0.717) is 0 Å². The predicted octanol–water partition coefficient (Wildman–Crippen LogP) is 13.0. The zero-order valence-corrected chi connectivity index (χ0v) is 27.3. The van der Waals surface area contributed by atoms with Crippen LogP contribution in [0.15, 0.2) is 170 Å². The van der Waals surface area contributed by atoms with Crippen LogP contribution in [0.2, 0.25) is 0 Å². The van der Waals surface area contributed by atoms with E-state index in [1.165, 1.54) is 63.6 Å². The third-order valence-electron chi connectivity index (χ3n) is 9.68. The van der Waals surface area contributed by atoms with Crippen LogP contribution in [0.3, 0.4) is 0 Å². The minimum Gasteiger partial charge on any atom is -0.228 e. The molecule has 0 saturated heterocycles. The van der Waals surface area contributed by atoms with Crippen LogP contribution < -0.4 is 0 Å². The molecule has 0 atom stereocenters. The standard InChI is InChI=1S/C46H28N2S/c1-3-12-29(13-4-1)41-28-42(30-14-5-2-6-15-30)48-46(47-41)38-20-11-21-44-45(38)40-27-32(23-25-43(40)49-44)31-22-24-37-35-18-8-7-16-33(35)34-17-9-10-19-36(34)39(37)26-31/h1-28H. The van der Waals surface area contributed by atoms with Crippen molar-refractivity contribution in [1.82, 2.24) is 9.97 Å². The van der Waals surface area contributed by atoms with Crippen LogP contribution in [0, 0.1) is 0 Å². The number of benzene rings is 8. The lowest BCUT2D eigenvalue weighted by Gasteiger charge is -2.12. The highest BCUT2D eigenvalue weighted by atomic mass is 32.1. The number of fused-ring (bicyclic) bond motifs is 9. The molecule has 0 spiro atoms. The van der Waals surface area contributed by atoms with Crippen molar-refractivity contribution in [2.45, 2.75) is 0 Å². The summed E-state index contributed by atoms with van der Waals surface area (Å²) in [7, 11) is 0. The average molecular weight is 641 g/mol. The summed E-state index contributed by atoms with van der Waals surface area (Å²) >= 11 is 1.83. The molecule has 49 heavy (non-hydrogen) atoms. The molecule has 0 saturated carbocycles. The van der Waals surface area contributed by atoms with Gasteiger partial charge in [0.15, 0.2) is 5.82 Å². The number of hydrogen-bond donors (Lipinski definition) is 0. The fourth-order valence-electron chi connectivity index (χ4n) is 7.36. The number of nitrogens with zero attached hydrogens (tertiary/aromatic N) is 2. The molecule has 0 fully saturated rings. The summed E-state index contributed by atoms with van der Waals surface area (Å²) in [6, 6.07) is 60.8. The van der Waals surface area contributed by atoms with Gasteiger partial charge in [0, 0.05) is 36.9 Å². The van der Waals surface area contributed by atoms with Crippen LogP contribution in [0.4, 0.5) is 0 Å². The monoisotopic (exact) mass is 640 g/mol. The Morgan fingerprint density at radius 1 is 0.327 bits per heavy atom. The van der Waals surface area contributed by atoms with E-state index in [4.69, 9.17) is 9.97 Å². The fourth-order valence-corrected chi connectivity index (χ4v) is 8.47. The molecule has 228 valence electrons. The van der Waals surface area contributed by atoms with E-state index < -0.39 is 0 Å². The van der Waals surface area contributed by atoms with Gasteiger partial charge in [0.05, 0.1) is 11.4 Å². The molecule has 0 N–H and O–H groups in total. The molecule has 0 bridgehead atoms. The topological polar surface area (TPSA) is 25.8 Å². The van der Waals surface area contributed by atoms with Gasteiger partial charge in [-0.1, -0.05) is 140 Å². The highest BCUT2D eigenvalue weighted by Gasteiger charge is 2.17. The van der Waals surface area contributed by atoms with Crippen LogP contribution in [0.1, 0.15) is 0 Å². The minimum absolute atomic E-state index is 0.736. The third-order valence-corrected chi connectivity index (χ3v) is 10.8. The fraction of sp³-hybridized carbons (Fsp3) is 0. The van der Waals surface area contributed by atoms with Crippen molar-refractivity contribution in [3.8, 4) is 45.0 Å². The van der Waals surface area contributed by atoms with Gasteiger partial charge in [0.25, 0.3) is 0 Å². The minimum atomic E-state index is 0.736. The van der Waals surface area contributed by atoms with E-state index >= 15 is 0 Å². The molecule has 0 aliphatic carbocycles. The lowest BCUT2D eigenvalue weighted by atomic mass is 9.92. The Kier molecular flexibility index (Phi) is 6.39. The van der Waals surface area contributed by atoms with Gasteiger partial charge in [0.2, 0.25) is 0 Å². The quantitative estimate of drug-likeness (QED) is 0.179. The van der Waals surface area contributed by atoms with Gasteiger partial charge in [0.1, 0.15) is 0 Å². The first-order chi connectivity index (χ1) is 24.3. The van der Waals surface area contributed by atoms with Gasteiger partial charge < -0.3 is 0 Å². The average Bonchev–Trinajstić information content (AvgIpc) is 3.57.